The summed E-state index contributed by atoms with van der Waals surface area (Å²) in [6, 6.07) is 0. The van der Waals surface area contributed by atoms with E-state index in [9.17, 15) is 65.0 Å². The van der Waals surface area contributed by atoms with E-state index >= 15 is 0 Å². The fraction of sp³-hybridized carbons (Fsp3) is 1.00. The first kappa shape index (κ1) is 33.3. The van der Waals surface area contributed by atoms with Gasteiger partial charge in [-0.15, -0.1) is 0 Å². The Hall–Kier alpha value is -0.298. The monoisotopic (exact) mass is 369 g/mol. The van der Waals surface area contributed by atoms with Crippen molar-refractivity contribution in [2.24, 2.45) is 0 Å². The summed E-state index contributed by atoms with van der Waals surface area (Å²) >= 11 is 0. The van der Waals surface area contributed by atoms with Gasteiger partial charge in [0.05, 0.1) is 0 Å². The van der Waals surface area contributed by atoms with Gasteiger partial charge >= 0.3 is 40.6 Å². The van der Waals surface area contributed by atoms with Gasteiger partial charge in [0.15, 0.2) is 0 Å². The van der Waals surface area contributed by atoms with Gasteiger partial charge in [0, 0.05) is 0 Å². The summed E-state index contributed by atoms with van der Waals surface area (Å²) in [7, 11) is -18.0. The Morgan fingerprint density at radius 3 is 0.591 bits per heavy atom. The molecule has 0 bridgehead atoms. The number of halogens is 15. The van der Waals surface area contributed by atoms with Crippen LogP contribution in [0, 0.1) is 0 Å². The second-order valence-electron chi connectivity index (χ2n) is 2.19. The molecular formula is C2H4B3F15LiO-3. The third-order valence-electron chi connectivity index (χ3n) is 0.208. The molecule has 1 unspecified atom stereocenters. The van der Waals surface area contributed by atoms with E-state index in [1.165, 1.54) is 0 Å². The standard InChI is InChI=1S/C2H3F3O.3BF4.Li.H/c3-1(4)2(5)6;3*2-1(3,4)5;;/h1-2,6H;;;;;/q;3*-1;+1;-1. The molecule has 0 aromatic carbocycles. The summed E-state index contributed by atoms with van der Waals surface area (Å²) < 4.78 is 149. The normalized spacial score (nSPS) is 12.4. The molecule has 0 amide bonds. The van der Waals surface area contributed by atoms with Crippen LogP contribution in [0.2, 0.25) is 0 Å². The molecule has 0 spiro atoms. The van der Waals surface area contributed by atoms with Crippen LogP contribution in [-0.4, -0.2) is 39.7 Å². The number of rotatable bonds is 1. The average molecular weight is 368 g/mol. The summed E-state index contributed by atoms with van der Waals surface area (Å²) in [5.41, 5.74) is 0. The zero-order valence-electron chi connectivity index (χ0n) is 11.0. The van der Waals surface area contributed by atoms with E-state index in [1.54, 1.807) is 0 Å². The topological polar surface area (TPSA) is 20.2 Å². The van der Waals surface area contributed by atoms with Gasteiger partial charge in [-0.2, -0.15) is 0 Å². The molecule has 1 atom stereocenters. The van der Waals surface area contributed by atoms with Crippen LogP contribution in [0.3, 0.4) is 0 Å². The van der Waals surface area contributed by atoms with Crippen molar-refractivity contribution in [3.63, 3.8) is 0 Å². The smallest absolute Gasteiger partial charge is 1.00 e. The second-order valence-corrected chi connectivity index (χ2v) is 2.19. The summed E-state index contributed by atoms with van der Waals surface area (Å²) in [5.74, 6) is 0. The van der Waals surface area contributed by atoms with Crippen molar-refractivity contribution < 1.29 is 90.4 Å². The van der Waals surface area contributed by atoms with Crippen molar-refractivity contribution in [2.75, 3.05) is 0 Å². The number of aliphatic hydroxyl groups excluding tert-OH is 1. The predicted octanol–water partition coefficient (Wildman–Crippen LogP) is 1.56. The van der Waals surface area contributed by atoms with Crippen molar-refractivity contribution >= 4 is 21.8 Å². The molecule has 20 heteroatoms. The van der Waals surface area contributed by atoms with Crippen LogP contribution < -0.4 is 18.9 Å². The molecule has 1 N–H and O–H groups in total. The number of hydrogen-bond acceptors (Lipinski definition) is 1. The van der Waals surface area contributed by atoms with Crippen LogP contribution >= 0.6 is 0 Å². The zero-order chi connectivity index (χ0) is 18.7. The van der Waals surface area contributed by atoms with Crippen LogP contribution in [0.1, 0.15) is 1.43 Å². The van der Waals surface area contributed by atoms with E-state index in [0.717, 1.165) is 0 Å². The molecule has 0 aromatic rings. The van der Waals surface area contributed by atoms with Crippen molar-refractivity contribution in [1.82, 2.24) is 0 Å². The molecule has 0 rings (SSSR count). The van der Waals surface area contributed by atoms with Crippen molar-refractivity contribution in [1.29, 1.82) is 0 Å². The molecule has 0 aliphatic rings. The van der Waals surface area contributed by atoms with Crippen molar-refractivity contribution in [2.45, 2.75) is 12.8 Å². The summed E-state index contributed by atoms with van der Waals surface area (Å²) in [5, 5.41) is 7.21. The van der Waals surface area contributed by atoms with Crippen molar-refractivity contribution in [3.8, 4) is 0 Å². The molecule has 0 aliphatic carbocycles. The quantitative estimate of drug-likeness (QED) is 0.550. The third kappa shape index (κ3) is 503. The van der Waals surface area contributed by atoms with Gasteiger partial charge < -0.3 is 58.3 Å². The van der Waals surface area contributed by atoms with E-state index in [-0.39, 0.29) is 20.3 Å². The fourth-order valence-electron chi connectivity index (χ4n) is 0. The molecule has 0 radical (unpaired) electrons. The maximum Gasteiger partial charge on any atom is 1.00 e. The van der Waals surface area contributed by atoms with Gasteiger partial charge in [0.1, 0.15) is 0 Å². The molecule has 22 heavy (non-hydrogen) atoms. The maximum atomic E-state index is 10.6. The van der Waals surface area contributed by atoms with E-state index < -0.39 is 34.5 Å². The first-order chi connectivity index (χ1) is 8.64. The molecule has 0 aromatic heterocycles. The number of hydrogen-bond donors (Lipinski definition) is 1. The molecular weight excluding hydrogens is 364 g/mol. The molecule has 0 fully saturated rings. The van der Waals surface area contributed by atoms with Crippen LogP contribution in [-0.2, 0) is 0 Å². The van der Waals surface area contributed by atoms with Crippen LogP contribution in [0.4, 0.5) is 65.0 Å². The van der Waals surface area contributed by atoms with Gasteiger partial charge in [-0.1, -0.05) is 0 Å². The largest absolute Gasteiger partial charge is 1.00 e. The van der Waals surface area contributed by atoms with E-state index in [2.05, 4.69) is 0 Å². The Morgan fingerprint density at radius 1 is 0.545 bits per heavy atom. The SMILES string of the molecule is F[B-](F)(F)F.F[B-](F)(F)F.F[B-](F)(F)F.OC(F)C(F)F.[H-].[Li+]. The maximum absolute atomic E-state index is 10.6. The Morgan fingerprint density at radius 2 is 0.591 bits per heavy atom. The van der Waals surface area contributed by atoms with Gasteiger partial charge in [-0.25, -0.2) is 13.2 Å². The fourth-order valence-corrected chi connectivity index (χ4v) is 0. The van der Waals surface area contributed by atoms with Gasteiger partial charge in [0.2, 0.25) is 0 Å². The van der Waals surface area contributed by atoms with Gasteiger partial charge in [-0.3, -0.25) is 0 Å². The molecule has 0 heterocycles. The Labute approximate surface area is 126 Å². The minimum atomic E-state index is -6.00. The minimum Gasteiger partial charge on any atom is -1.00 e. The molecule has 136 valence electrons. The van der Waals surface area contributed by atoms with Gasteiger partial charge in [0.25, 0.3) is 12.8 Å². The number of aliphatic hydroxyl groups is 1. The van der Waals surface area contributed by atoms with Crippen LogP contribution in [0.15, 0.2) is 0 Å². The Kier molecular flexibility index (Phi) is 21.7. The Balaban J connectivity index is -0.0000000408. The van der Waals surface area contributed by atoms with E-state index in [4.69, 9.17) is 5.11 Å². The minimum absolute atomic E-state index is 0. The second kappa shape index (κ2) is 14.3. The molecule has 0 saturated heterocycles. The predicted molar refractivity (Wildman–Crippen MR) is 44.8 cm³/mol. The van der Waals surface area contributed by atoms with E-state index in [0.29, 0.717) is 0 Å². The van der Waals surface area contributed by atoms with E-state index in [1.807, 2.05) is 0 Å². The third-order valence-corrected chi connectivity index (χ3v) is 0.208. The molecule has 1 nitrogen and oxygen atoms in total. The first-order valence-electron chi connectivity index (χ1n) is 3.86. The average Bonchev–Trinajstić information content (AvgIpc) is 1.92. The first-order valence-corrected chi connectivity index (χ1v) is 3.86. The summed E-state index contributed by atoms with van der Waals surface area (Å²) in [6.07, 6.45) is -6.24. The van der Waals surface area contributed by atoms with Crippen molar-refractivity contribution in [3.05, 3.63) is 0 Å². The Bertz CT molecular complexity index is 174. The number of alkyl halides is 3. The molecule has 0 saturated carbocycles. The summed E-state index contributed by atoms with van der Waals surface area (Å²) in [4.78, 5) is 0. The molecule has 0 aliphatic heterocycles. The zero-order valence-corrected chi connectivity index (χ0v) is 10.0. The van der Waals surface area contributed by atoms with Crippen LogP contribution in [0.25, 0.3) is 0 Å². The van der Waals surface area contributed by atoms with Crippen LogP contribution in [0.5, 0.6) is 0 Å². The van der Waals surface area contributed by atoms with Gasteiger partial charge in [-0.05, 0) is 0 Å². The summed E-state index contributed by atoms with van der Waals surface area (Å²) in [6.45, 7) is 0.